The van der Waals surface area contributed by atoms with E-state index in [4.69, 9.17) is 16.3 Å². The first-order valence-electron chi connectivity index (χ1n) is 13.9. The maximum atomic E-state index is 13.8. The number of carbonyl (C=O) groups excluding carboxylic acids is 2. The third-order valence-corrected chi connectivity index (χ3v) is 8.80. The number of anilines is 1. The number of nitrogens with zero attached hydrogens (tertiary/aromatic N) is 4. The summed E-state index contributed by atoms with van der Waals surface area (Å²) in [6.07, 6.45) is 5.22. The fraction of sp³-hybridized carbons (Fsp3) is 0.250. The summed E-state index contributed by atoms with van der Waals surface area (Å²) in [6.45, 7) is 7.78. The van der Waals surface area contributed by atoms with Gasteiger partial charge in [-0.2, -0.15) is 0 Å². The van der Waals surface area contributed by atoms with Gasteiger partial charge in [0, 0.05) is 41.8 Å². The average Bonchev–Trinajstić information content (AvgIpc) is 3.36. The zero-order valence-electron chi connectivity index (χ0n) is 24.7. The molecule has 5 rings (SSSR count). The number of hydrogen-bond donors (Lipinski definition) is 1. The van der Waals surface area contributed by atoms with Crippen LogP contribution in [0.2, 0.25) is 5.02 Å². The van der Waals surface area contributed by atoms with Gasteiger partial charge in [-0.25, -0.2) is 22.2 Å². The van der Waals surface area contributed by atoms with Gasteiger partial charge in [-0.3, -0.25) is 9.78 Å². The summed E-state index contributed by atoms with van der Waals surface area (Å²) in [5, 5.41) is 4.39. The minimum atomic E-state index is -4.03. The summed E-state index contributed by atoms with van der Waals surface area (Å²) < 4.78 is 34.1. The van der Waals surface area contributed by atoms with Gasteiger partial charge in [0.2, 0.25) is 6.41 Å². The number of fused-ring (bicyclic) bond motifs is 2. The van der Waals surface area contributed by atoms with Crippen molar-refractivity contribution >= 4 is 61.8 Å². The van der Waals surface area contributed by atoms with Crippen molar-refractivity contribution in [3.05, 3.63) is 83.8 Å². The second-order valence-electron chi connectivity index (χ2n) is 11.3. The first kappa shape index (κ1) is 31.0. The molecule has 44 heavy (non-hydrogen) atoms. The normalized spacial score (nSPS) is 11.9. The molecule has 0 spiro atoms. The van der Waals surface area contributed by atoms with Gasteiger partial charge in [0.1, 0.15) is 5.60 Å². The maximum Gasteiger partial charge on any atom is 0.407 e. The Kier molecular flexibility index (Phi) is 8.62. The molecule has 0 atom stereocenters. The number of alkyl carbamates (subject to hydrolysis) is 1. The van der Waals surface area contributed by atoms with E-state index >= 15 is 0 Å². The molecule has 2 amide bonds. The average molecular weight is 634 g/mol. The predicted octanol–water partition coefficient (Wildman–Crippen LogP) is 6.33. The summed E-state index contributed by atoms with van der Waals surface area (Å²) in [5.41, 5.74) is 2.83. The van der Waals surface area contributed by atoms with Gasteiger partial charge in [-0.05, 0) is 76.1 Å². The molecule has 0 aliphatic carbocycles. The van der Waals surface area contributed by atoms with E-state index in [0.717, 1.165) is 14.9 Å². The Morgan fingerprint density at radius 3 is 2.57 bits per heavy atom. The minimum absolute atomic E-state index is 0.116. The van der Waals surface area contributed by atoms with E-state index < -0.39 is 21.7 Å². The first-order chi connectivity index (χ1) is 20.9. The third kappa shape index (κ3) is 6.53. The lowest BCUT2D eigenvalue weighted by Gasteiger charge is -2.20. The van der Waals surface area contributed by atoms with Crippen LogP contribution in [0.1, 0.15) is 32.8 Å². The molecule has 0 radical (unpaired) electrons. The van der Waals surface area contributed by atoms with Gasteiger partial charge in [-0.15, -0.1) is 0 Å². The summed E-state index contributed by atoms with van der Waals surface area (Å²) in [6, 6.07) is 15.6. The molecule has 0 unspecified atom stereocenters. The molecular formula is C32H32ClN5O5S. The Balaban J connectivity index is 1.55. The number of pyridine rings is 2. The third-order valence-electron chi connectivity index (χ3n) is 6.85. The number of aryl methyl sites for hydroxylation is 1. The van der Waals surface area contributed by atoms with Crippen molar-refractivity contribution in [3.63, 3.8) is 0 Å². The number of halogens is 1. The lowest BCUT2D eigenvalue weighted by Crippen LogP contribution is -2.34. The molecule has 3 aromatic heterocycles. The Morgan fingerprint density at radius 1 is 1.11 bits per heavy atom. The lowest BCUT2D eigenvalue weighted by atomic mass is 10.0. The maximum absolute atomic E-state index is 13.8. The highest BCUT2D eigenvalue weighted by Crippen LogP contribution is 2.37. The number of benzene rings is 2. The van der Waals surface area contributed by atoms with Crippen molar-refractivity contribution in [1.29, 1.82) is 0 Å². The van der Waals surface area contributed by atoms with Crippen molar-refractivity contribution in [2.75, 3.05) is 18.0 Å². The Morgan fingerprint density at radius 2 is 1.86 bits per heavy atom. The molecule has 228 valence electrons. The summed E-state index contributed by atoms with van der Waals surface area (Å²) in [4.78, 5) is 34.6. The molecule has 0 saturated heterocycles. The number of carbonyl (C=O) groups is 2. The highest BCUT2D eigenvalue weighted by Gasteiger charge is 2.24. The Bertz CT molecular complexity index is 1970. The molecule has 1 N–H and O–H groups in total. The van der Waals surface area contributed by atoms with E-state index in [1.807, 2.05) is 19.1 Å². The van der Waals surface area contributed by atoms with Crippen LogP contribution in [0.15, 0.2) is 78.1 Å². The highest BCUT2D eigenvalue weighted by molar-refractivity contribution is 7.90. The van der Waals surface area contributed by atoms with Crippen LogP contribution in [-0.2, 0) is 19.6 Å². The Hall–Kier alpha value is -4.48. The summed E-state index contributed by atoms with van der Waals surface area (Å²) in [7, 11) is -4.03. The first-order valence-corrected chi connectivity index (χ1v) is 15.8. The van der Waals surface area contributed by atoms with Crippen LogP contribution in [0, 0.1) is 6.92 Å². The highest BCUT2D eigenvalue weighted by atomic mass is 35.5. The number of hydrogen-bond acceptors (Lipinski definition) is 7. The van der Waals surface area contributed by atoms with E-state index in [2.05, 4.69) is 15.3 Å². The van der Waals surface area contributed by atoms with Gasteiger partial charge in [0.05, 0.1) is 27.3 Å². The second kappa shape index (κ2) is 12.3. The van der Waals surface area contributed by atoms with Crippen molar-refractivity contribution in [3.8, 4) is 11.1 Å². The van der Waals surface area contributed by atoms with Crippen LogP contribution < -0.4 is 10.2 Å². The lowest BCUT2D eigenvalue weighted by molar-refractivity contribution is -0.107. The van der Waals surface area contributed by atoms with Crippen LogP contribution >= 0.6 is 11.6 Å². The van der Waals surface area contributed by atoms with Crippen LogP contribution in [0.4, 0.5) is 10.5 Å². The number of ether oxygens (including phenoxy) is 1. The SMILES string of the molecule is Cc1ccc(S(=O)(=O)n2cc(-c3cc(Cl)c4ncccc4c3)c3cc(N(C=O)CCCNC(=O)OC(C)(C)C)cnc32)cc1. The smallest absolute Gasteiger partial charge is 0.407 e. The second-order valence-corrected chi connectivity index (χ2v) is 13.6. The molecule has 3 heterocycles. The quantitative estimate of drug-likeness (QED) is 0.149. The van der Waals surface area contributed by atoms with Gasteiger partial charge < -0.3 is 15.0 Å². The van der Waals surface area contributed by atoms with E-state index in [1.165, 1.54) is 17.3 Å². The van der Waals surface area contributed by atoms with Crippen LogP contribution in [0.25, 0.3) is 33.1 Å². The van der Waals surface area contributed by atoms with Crippen molar-refractivity contribution in [2.24, 2.45) is 0 Å². The molecular weight excluding hydrogens is 602 g/mol. The topological polar surface area (TPSA) is 123 Å². The number of amides is 2. The monoisotopic (exact) mass is 633 g/mol. The van der Waals surface area contributed by atoms with Gasteiger partial charge in [0.25, 0.3) is 10.0 Å². The largest absolute Gasteiger partial charge is 0.444 e. The van der Waals surface area contributed by atoms with Crippen molar-refractivity contribution in [1.82, 2.24) is 19.3 Å². The molecule has 5 aromatic rings. The predicted molar refractivity (Wildman–Crippen MR) is 172 cm³/mol. The zero-order chi connectivity index (χ0) is 31.6. The molecule has 12 heteroatoms. The summed E-state index contributed by atoms with van der Waals surface area (Å²) in [5.74, 6) is 0. The van der Waals surface area contributed by atoms with Gasteiger partial charge >= 0.3 is 6.09 Å². The molecule has 0 saturated carbocycles. The van der Waals surface area contributed by atoms with Crippen LogP contribution in [-0.4, -0.2) is 53.6 Å². The van der Waals surface area contributed by atoms with Crippen molar-refractivity contribution in [2.45, 2.75) is 44.6 Å². The van der Waals surface area contributed by atoms with Crippen LogP contribution in [0.3, 0.4) is 0 Å². The molecule has 2 aromatic carbocycles. The van der Waals surface area contributed by atoms with E-state index in [-0.39, 0.29) is 23.6 Å². The standard InChI is InChI=1S/C32H32ClN5O5S/c1-21-8-10-25(11-9-21)44(41,42)38-19-27(23-15-22-7-5-12-34-29(22)28(33)16-23)26-17-24(18-36-30(26)38)37(20-39)14-6-13-35-31(40)43-32(2,3)4/h5,7-12,15-20H,6,13-14H2,1-4H3,(H,35,40). The summed E-state index contributed by atoms with van der Waals surface area (Å²) >= 11 is 6.61. The minimum Gasteiger partial charge on any atom is -0.444 e. The number of aromatic nitrogens is 3. The fourth-order valence-electron chi connectivity index (χ4n) is 4.76. The van der Waals surface area contributed by atoms with Gasteiger partial charge in [0.15, 0.2) is 5.65 Å². The van der Waals surface area contributed by atoms with E-state index in [0.29, 0.717) is 45.6 Å². The van der Waals surface area contributed by atoms with Gasteiger partial charge in [-0.1, -0.05) is 35.4 Å². The van der Waals surface area contributed by atoms with E-state index in [9.17, 15) is 18.0 Å². The molecule has 0 fully saturated rings. The fourth-order valence-corrected chi connectivity index (χ4v) is 6.36. The zero-order valence-corrected chi connectivity index (χ0v) is 26.3. The van der Waals surface area contributed by atoms with E-state index in [1.54, 1.807) is 69.4 Å². The van der Waals surface area contributed by atoms with Crippen molar-refractivity contribution < 1.29 is 22.7 Å². The molecule has 0 bridgehead atoms. The molecule has 10 nitrogen and oxygen atoms in total. The molecule has 0 aliphatic heterocycles. The molecule has 0 aliphatic rings. The van der Waals surface area contributed by atoms with Crippen LogP contribution in [0.5, 0.6) is 0 Å². The number of rotatable bonds is 9. The number of nitrogens with one attached hydrogen (secondary N) is 1. The Labute approximate surface area is 260 Å².